The predicted octanol–water partition coefficient (Wildman–Crippen LogP) is 3.47. The monoisotopic (exact) mass is 334 g/mol. The fourth-order valence-electron chi connectivity index (χ4n) is 2.70. The van der Waals surface area contributed by atoms with E-state index in [1.807, 2.05) is 13.8 Å². The molecule has 122 valence electrons. The molecule has 2 aromatic rings. The van der Waals surface area contributed by atoms with Gasteiger partial charge in [-0.2, -0.15) is 0 Å². The van der Waals surface area contributed by atoms with E-state index in [0.29, 0.717) is 23.8 Å². The number of hydrogen-bond acceptors (Lipinski definition) is 4. The number of aryl methyl sites for hydroxylation is 1. The Bertz CT molecular complexity index is 710. The van der Waals surface area contributed by atoms with Gasteiger partial charge in [0.25, 0.3) is 0 Å². The maximum absolute atomic E-state index is 13.9. The largest absolute Gasteiger partial charge is 0.381 e. The SMILES string of the molecule is Cc1nc(-c2ccccc2F)sc1[C@H](C)NC(=O)[C@H]1CCOC1. The Kier molecular flexibility index (Phi) is 4.73. The zero-order valence-corrected chi connectivity index (χ0v) is 14.0. The normalized spacial score (nSPS) is 18.8. The lowest BCUT2D eigenvalue weighted by molar-refractivity contribution is -0.125. The molecule has 4 nitrogen and oxygen atoms in total. The molecule has 1 aromatic heterocycles. The lowest BCUT2D eigenvalue weighted by atomic mass is 10.1. The molecule has 6 heteroatoms. The van der Waals surface area contributed by atoms with Crippen LogP contribution in [0.25, 0.3) is 10.6 Å². The molecule has 1 amide bonds. The quantitative estimate of drug-likeness (QED) is 0.931. The summed E-state index contributed by atoms with van der Waals surface area (Å²) in [6.45, 7) is 4.95. The highest BCUT2D eigenvalue weighted by Crippen LogP contribution is 2.33. The third kappa shape index (κ3) is 3.43. The molecule has 3 rings (SSSR count). The second kappa shape index (κ2) is 6.76. The van der Waals surface area contributed by atoms with Crippen LogP contribution >= 0.6 is 11.3 Å². The molecule has 1 aromatic carbocycles. The Hall–Kier alpha value is -1.79. The van der Waals surface area contributed by atoms with Crippen LogP contribution in [0.2, 0.25) is 0 Å². The smallest absolute Gasteiger partial charge is 0.226 e. The van der Waals surface area contributed by atoms with Crippen LogP contribution in [0, 0.1) is 18.7 Å². The number of carbonyl (C=O) groups is 1. The number of carbonyl (C=O) groups excluding carboxylic acids is 1. The predicted molar refractivity (Wildman–Crippen MR) is 87.7 cm³/mol. The van der Waals surface area contributed by atoms with Gasteiger partial charge in [0, 0.05) is 12.2 Å². The van der Waals surface area contributed by atoms with Gasteiger partial charge in [-0.05, 0) is 32.4 Å². The van der Waals surface area contributed by atoms with Gasteiger partial charge in [-0.15, -0.1) is 11.3 Å². The van der Waals surface area contributed by atoms with Gasteiger partial charge in [0.1, 0.15) is 10.8 Å². The van der Waals surface area contributed by atoms with Crippen LogP contribution in [0.5, 0.6) is 0 Å². The second-order valence-electron chi connectivity index (χ2n) is 5.74. The maximum atomic E-state index is 13.9. The number of amides is 1. The molecule has 1 aliphatic rings. The van der Waals surface area contributed by atoms with Crippen LogP contribution < -0.4 is 5.32 Å². The molecule has 0 radical (unpaired) electrons. The van der Waals surface area contributed by atoms with Crippen molar-refractivity contribution in [2.75, 3.05) is 13.2 Å². The minimum absolute atomic E-state index is 0.00948. The lowest BCUT2D eigenvalue weighted by Gasteiger charge is -2.15. The molecule has 1 fully saturated rings. The molecule has 0 aliphatic carbocycles. The summed E-state index contributed by atoms with van der Waals surface area (Å²) in [4.78, 5) is 17.6. The summed E-state index contributed by atoms with van der Waals surface area (Å²) in [5.74, 6) is -0.348. The third-order valence-electron chi connectivity index (χ3n) is 3.99. The van der Waals surface area contributed by atoms with Crippen LogP contribution in [0.3, 0.4) is 0 Å². The summed E-state index contributed by atoms with van der Waals surface area (Å²) >= 11 is 1.42. The van der Waals surface area contributed by atoms with Gasteiger partial charge in [0.2, 0.25) is 5.91 Å². The van der Waals surface area contributed by atoms with Crippen molar-refractivity contribution in [1.82, 2.24) is 10.3 Å². The average molecular weight is 334 g/mol. The molecule has 0 spiro atoms. The topological polar surface area (TPSA) is 51.2 Å². The number of rotatable bonds is 4. The number of ether oxygens (including phenoxy) is 1. The maximum Gasteiger partial charge on any atom is 0.226 e. The lowest BCUT2D eigenvalue weighted by Crippen LogP contribution is -2.32. The molecule has 1 saturated heterocycles. The third-order valence-corrected chi connectivity index (χ3v) is 5.36. The van der Waals surface area contributed by atoms with Crippen LogP contribution in [0.15, 0.2) is 24.3 Å². The molecule has 1 aliphatic heterocycles. The van der Waals surface area contributed by atoms with Gasteiger partial charge >= 0.3 is 0 Å². The average Bonchev–Trinajstić information content (AvgIpc) is 3.17. The minimum Gasteiger partial charge on any atom is -0.381 e. The van der Waals surface area contributed by atoms with Crippen LogP contribution in [0.1, 0.15) is 30.0 Å². The molecule has 0 unspecified atom stereocenters. The van der Waals surface area contributed by atoms with Crippen molar-refractivity contribution in [2.45, 2.75) is 26.3 Å². The van der Waals surface area contributed by atoms with Crippen molar-refractivity contribution in [3.8, 4) is 10.6 Å². The van der Waals surface area contributed by atoms with E-state index in [4.69, 9.17) is 4.74 Å². The standard InChI is InChI=1S/C17H19FN2O2S/c1-10(19-16(21)12-7-8-22-9-12)15-11(2)20-17(23-15)13-5-3-4-6-14(13)18/h3-6,10,12H,7-9H2,1-2H3,(H,19,21)/t10-,12-/m0/s1. The van der Waals surface area contributed by atoms with E-state index in [2.05, 4.69) is 10.3 Å². The highest BCUT2D eigenvalue weighted by Gasteiger charge is 2.26. The zero-order chi connectivity index (χ0) is 16.4. The van der Waals surface area contributed by atoms with Crippen molar-refractivity contribution < 1.29 is 13.9 Å². The molecule has 1 N–H and O–H groups in total. The van der Waals surface area contributed by atoms with Crippen molar-refractivity contribution >= 4 is 17.2 Å². The summed E-state index contributed by atoms with van der Waals surface area (Å²) in [6.07, 6.45) is 0.765. The van der Waals surface area contributed by atoms with Crippen molar-refractivity contribution in [3.05, 3.63) is 40.7 Å². The van der Waals surface area contributed by atoms with E-state index < -0.39 is 0 Å². The first-order valence-electron chi connectivity index (χ1n) is 7.66. The Morgan fingerprint density at radius 1 is 1.48 bits per heavy atom. The highest BCUT2D eigenvalue weighted by atomic mass is 32.1. The summed E-state index contributed by atoms with van der Waals surface area (Å²) in [5, 5.41) is 3.66. The first-order chi connectivity index (χ1) is 11.1. The van der Waals surface area contributed by atoms with Gasteiger partial charge in [-0.1, -0.05) is 12.1 Å². The molecular weight excluding hydrogens is 315 g/mol. The molecular formula is C17H19FN2O2S. The first-order valence-corrected chi connectivity index (χ1v) is 8.48. The van der Waals surface area contributed by atoms with E-state index >= 15 is 0 Å². The summed E-state index contributed by atoms with van der Waals surface area (Å²) < 4.78 is 19.2. The number of nitrogens with one attached hydrogen (secondary N) is 1. The van der Waals surface area contributed by atoms with E-state index in [1.165, 1.54) is 17.4 Å². The van der Waals surface area contributed by atoms with E-state index in [1.54, 1.807) is 18.2 Å². The first kappa shape index (κ1) is 16.1. The Morgan fingerprint density at radius 2 is 2.26 bits per heavy atom. The number of thiazole rings is 1. The number of benzene rings is 1. The summed E-state index contributed by atoms with van der Waals surface area (Å²) in [5.41, 5.74) is 1.32. The van der Waals surface area contributed by atoms with Gasteiger partial charge in [-0.25, -0.2) is 9.37 Å². The van der Waals surface area contributed by atoms with Crippen LogP contribution in [-0.4, -0.2) is 24.1 Å². The minimum atomic E-state index is -0.285. The van der Waals surface area contributed by atoms with Gasteiger partial charge < -0.3 is 10.1 Å². The van der Waals surface area contributed by atoms with Crippen LogP contribution in [-0.2, 0) is 9.53 Å². The second-order valence-corrected chi connectivity index (χ2v) is 6.77. The Balaban J connectivity index is 1.77. The van der Waals surface area contributed by atoms with Crippen LogP contribution in [0.4, 0.5) is 4.39 Å². The summed E-state index contributed by atoms with van der Waals surface area (Å²) in [6, 6.07) is 6.45. The molecule has 0 bridgehead atoms. The van der Waals surface area contributed by atoms with Gasteiger partial charge in [0.05, 0.1) is 29.1 Å². The zero-order valence-electron chi connectivity index (χ0n) is 13.1. The Morgan fingerprint density at radius 3 is 2.96 bits per heavy atom. The highest BCUT2D eigenvalue weighted by molar-refractivity contribution is 7.15. The van der Waals surface area contributed by atoms with Crippen molar-refractivity contribution in [1.29, 1.82) is 0 Å². The van der Waals surface area contributed by atoms with Gasteiger partial charge in [-0.3, -0.25) is 4.79 Å². The number of hydrogen-bond donors (Lipinski definition) is 1. The number of nitrogens with zero attached hydrogens (tertiary/aromatic N) is 1. The van der Waals surface area contributed by atoms with Gasteiger partial charge in [0.15, 0.2) is 0 Å². The van der Waals surface area contributed by atoms with Crippen molar-refractivity contribution in [2.24, 2.45) is 5.92 Å². The van der Waals surface area contributed by atoms with E-state index in [-0.39, 0.29) is 23.7 Å². The Labute approximate surface area is 138 Å². The fraction of sp³-hybridized carbons (Fsp3) is 0.412. The summed E-state index contributed by atoms with van der Waals surface area (Å²) in [7, 11) is 0. The van der Waals surface area contributed by atoms with Crippen molar-refractivity contribution in [3.63, 3.8) is 0 Å². The van der Waals surface area contributed by atoms with E-state index in [0.717, 1.165) is 17.0 Å². The molecule has 2 atom stereocenters. The molecule has 23 heavy (non-hydrogen) atoms. The van der Waals surface area contributed by atoms with E-state index in [9.17, 15) is 9.18 Å². The number of halogens is 1. The molecule has 2 heterocycles. The molecule has 0 saturated carbocycles. The number of aromatic nitrogens is 1. The fourth-order valence-corrected chi connectivity index (χ4v) is 3.79.